The van der Waals surface area contributed by atoms with Crippen LogP contribution in [0.15, 0.2) is 29.9 Å². The van der Waals surface area contributed by atoms with Crippen LogP contribution in [0.25, 0.3) is 10.4 Å². The summed E-state index contributed by atoms with van der Waals surface area (Å²) in [6.07, 6.45) is 8.33. The number of carbonyl (C=O) groups excluding carboxylic acids is 2. The molecule has 2 aliphatic carbocycles. The van der Waals surface area contributed by atoms with Crippen LogP contribution < -0.4 is 11.1 Å². The van der Waals surface area contributed by atoms with E-state index in [2.05, 4.69) is 38.8 Å². The Bertz CT molecular complexity index is 1520. The molecule has 0 unspecified atom stereocenters. The molecule has 3 heterocycles. The standard InChI is InChI=1S/C34H47N7O3S/c1-20-30(45-19-36-20)24-12-13-26-23(14-24)6-5-7-27(26)37-32(43)29-15-25(42)17-40(29)33(44)31(34(2,3)4)41-18-28(38-39-41)22-10-8-21(16-35)9-11-22/h12-14,18-19,21-22,25,27,29,31,42H,5-11,15-17,35H2,1-4H3,(H,37,43)/t21?,22?,25-,27-,29+,31-/m1/s1. The van der Waals surface area contributed by atoms with Gasteiger partial charge >= 0.3 is 0 Å². The third kappa shape index (κ3) is 6.57. The van der Waals surface area contributed by atoms with Crippen LogP contribution in [0.3, 0.4) is 0 Å². The highest BCUT2D eigenvalue weighted by atomic mass is 32.1. The van der Waals surface area contributed by atoms with Crippen LogP contribution in [-0.4, -0.2) is 67.0 Å². The first-order valence-corrected chi connectivity index (χ1v) is 17.4. The van der Waals surface area contributed by atoms with Crippen molar-refractivity contribution in [3.63, 3.8) is 0 Å². The number of likely N-dealkylation sites (tertiary alicyclic amines) is 1. The SMILES string of the molecule is Cc1ncsc1-c1ccc2c(c1)CCC[C@H]2NC(=O)[C@@H]1C[C@@H](O)CN1C(=O)[C@@H](n1cc(C2CCC(CN)CC2)nn1)C(C)(C)C. The first-order valence-electron chi connectivity index (χ1n) is 16.5. The van der Waals surface area contributed by atoms with Crippen molar-refractivity contribution in [3.8, 4) is 10.4 Å². The van der Waals surface area contributed by atoms with Crippen molar-refractivity contribution in [2.24, 2.45) is 17.1 Å². The molecule has 3 aliphatic rings. The van der Waals surface area contributed by atoms with Crippen molar-refractivity contribution < 1.29 is 14.7 Å². The monoisotopic (exact) mass is 633 g/mol. The summed E-state index contributed by atoms with van der Waals surface area (Å²) < 4.78 is 1.69. The van der Waals surface area contributed by atoms with Gasteiger partial charge in [-0.3, -0.25) is 9.59 Å². The lowest BCUT2D eigenvalue weighted by Crippen LogP contribution is -2.51. The molecule has 1 saturated heterocycles. The maximum absolute atomic E-state index is 14.3. The molecule has 1 aliphatic heterocycles. The Hall–Kier alpha value is -3.15. The average Bonchev–Trinajstić information content (AvgIpc) is 3.76. The number of thiazole rings is 1. The fourth-order valence-corrected chi connectivity index (χ4v) is 8.40. The summed E-state index contributed by atoms with van der Waals surface area (Å²) in [5.41, 5.74) is 12.7. The van der Waals surface area contributed by atoms with Gasteiger partial charge in [0.05, 0.1) is 33.9 Å². The van der Waals surface area contributed by atoms with Gasteiger partial charge in [0.1, 0.15) is 12.1 Å². The van der Waals surface area contributed by atoms with Gasteiger partial charge in [-0.15, -0.1) is 16.4 Å². The highest BCUT2D eigenvalue weighted by Crippen LogP contribution is 2.39. The molecule has 6 rings (SSSR count). The molecule has 242 valence electrons. The van der Waals surface area contributed by atoms with Crippen LogP contribution in [0.5, 0.6) is 0 Å². The molecular formula is C34H47N7O3S. The largest absolute Gasteiger partial charge is 0.391 e. The highest BCUT2D eigenvalue weighted by molar-refractivity contribution is 7.13. The first-order chi connectivity index (χ1) is 21.5. The smallest absolute Gasteiger partial charge is 0.248 e. The van der Waals surface area contributed by atoms with Crippen LogP contribution in [0, 0.1) is 18.3 Å². The number of nitrogens with zero attached hydrogens (tertiary/aromatic N) is 5. The van der Waals surface area contributed by atoms with E-state index in [4.69, 9.17) is 5.73 Å². The molecule has 2 amide bonds. The van der Waals surface area contributed by atoms with E-state index in [0.29, 0.717) is 11.8 Å². The van der Waals surface area contributed by atoms with Gasteiger partial charge in [-0.2, -0.15) is 0 Å². The fraction of sp³-hybridized carbons (Fsp3) is 0.618. The Kier molecular flexibility index (Phi) is 9.14. The van der Waals surface area contributed by atoms with Gasteiger partial charge in [0, 0.05) is 25.1 Å². The average molecular weight is 634 g/mol. The molecule has 1 aromatic carbocycles. The fourth-order valence-electron chi connectivity index (χ4n) is 7.59. The molecule has 4 atom stereocenters. The molecule has 2 fully saturated rings. The number of hydrogen-bond donors (Lipinski definition) is 3. The summed E-state index contributed by atoms with van der Waals surface area (Å²) in [7, 11) is 0. The van der Waals surface area contributed by atoms with Gasteiger partial charge in [-0.05, 0) is 92.5 Å². The predicted molar refractivity (Wildman–Crippen MR) is 175 cm³/mol. The normalized spacial score (nSPS) is 26.0. The number of β-amino-alcohol motifs (C(OH)–C–C–N with tert-alkyl or cyclic N) is 1. The predicted octanol–water partition coefficient (Wildman–Crippen LogP) is 4.69. The first kappa shape index (κ1) is 31.8. The molecule has 3 aromatic rings. The van der Waals surface area contributed by atoms with Gasteiger partial charge < -0.3 is 21.1 Å². The zero-order valence-corrected chi connectivity index (χ0v) is 27.7. The topological polar surface area (TPSA) is 139 Å². The lowest BCUT2D eigenvalue weighted by atomic mass is 9.81. The molecule has 4 N–H and O–H groups in total. The van der Waals surface area contributed by atoms with E-state index in [-0.39, 0.29) is 30.8 Å². The third-order valence-corrected chi connectivity index (χ3v) is 11.1. The summed E-state index contributed by atoms with van der Waals surface area (Å²) in [6, 6.07) is 4.91. The van der Waals surface area contributed by atoms with Crippen molar-refractivity contribution in [1.82, 2.24) is 30.2 Å². The van der Waals surface area contributed by atoms with E-state index in [0.717, 1.165) is 74.0 Å². The van der Waals surface area contributed by atoms with E-state index in [1.165, 1.54) is 10.4 Å². The van der Waals surface area contributed by atoms with E-state index < -0.39 is 23.6 Å². The van der Waals surface area contributed by atoms with Crippen LogP contribution in [-0.2, 0) is 16.0 Å². The molecule has 10 nitrogen and oxygen atoms in total. The number of benzene rings is 1. The maximum atomic E-state index is 14.3. The van der Waals surface area contributed by atoms with Gasteiger partial charge in [0.15, 0.2) is 0 Å². The number of carbonyl (C=O) groups is 2. The number of rotatable bonds is 7. The minimum atomic E-state index is -0.766. The quantitative estimate of drug-likeness (QED) is 0.343. The second kappa shape index (κ2) is 12.9. The van der Waals surface area contributed by atoms with Crippen molar-refractivity contribution in [2.45, 2.75) is 109 Å². The Morgan fingerprint density at radius 3 is 2.64 bits per heavy atom. The number of fused-ring (bicyclic) bond motifs is 1. The molecular weight excluding hydrogens is 586 g/mol. The van der Waals surface area contributed by atoms with E-state index in [9.17, 15) is 14.7 Å². The van der Waals surface area contributed by atoms with E-state index in [1.54, 1.807) is 20.9 Å². The van der Waals surface area contributed by atoms with Gasteiger partial charge in [-0.25, -0.2) is 9.67 Å². The number of aliphatic hydroxyl groups is 1. The summed E-state index contributed by atoms with van der Waals surface area (Å²) in [5.74, 6) is 0.446. The minimum Gasteiger partial charge on any atom is -0.391 e. The van der Waals surface area contributed by atoms with E-state index in [1.807, 2.05) is 39.4 Å². The third-order valence-electron chi connectivity index (χ3n) is 10.1. The van der Waals surface area contributed by atoms with Crippen molar-refractivity contribution in [2.75, 3.05) is 13.1 Å². The summed E-state index contributed by atoms with van der Waals surface area (Å²) in [6.45, 7) is 8.88. The van der Waals surface area contributed by atoms with Crippen LogP contribution in [0.2, 0.25) is 0 Å². The summed E-state index contributed by atoms with van der Waals surface area (Å²) in [4.78, 5) is 35.3. The lowest BCUT2D eigenvalue weighted by Gasteiger charge is -2.35. The second-order valence-corrected chi connectivity index (χ2v) is 15.2. The molecule has 1 saturated carbocycles. The molecule has 2 aromatic heterocycles. The molecule has 11 heteroatoms. The summed E-state index contributed by atoms with van der Waals surface area (Å²) in [5, 5.41) is 23.0. The van der Waals surface area contributed by atoms with Gasteiger partial charge in [-0.1, -0.05) is 38.1 Å². The van der Waals surface area contributed by atoms with Crippen LogP contribution in [0.4, 0.5) is 0 Å². The number of aryl methyl sites for hydroxylation is 2. The Labute approximate surface area is 269 Å². The zero-order valence-electron chi connectivity index (χ0n) is 26.9. The Morgan fingerprint density at radius 2 is 1.96 bits per heavy atom. The number of hydrogen-bond acceptors (Lipinski definition) is 8. The van der Waals surface area contributed by atoms with Gasteiger partial charge in [0.25, 0.3) is 0 Å². The Balaban J connectivity index is 1.19. The number of aliphatic hydroxyl groups excluding tert-OH is 1. The van der Waals surface area contributed by atoms with Crippen LogP contribution in [0.1, 0.15) is 106 Å². The number of aromatic nitrogens is 4. The zero-order chi connectivity index (χ0) is 31.9. The van der Waals surface area contributed by atoms with Crippen molar-refractivity contribution in [3.05, 3.63) is 52.4 Å². The lowest BCUT2D eigenvalue weighted by molar-refractivity contribution is -0.144. The summed E-state index contributed by atoms with van der Waals surface area (Å²) >= 11 is 1.64. The van der Waals surface area contributed by atoms with Gasteiger partial charge in [0.2, 0.25) is 11.8 Å². The second-order valence-electron chi connectivity index (χ2n) is 14.4. The number of nitrogens with two attached hydrogens (primary N) is 1. The van der Waals surface area contributed by atoms with E-state index >= 15 is 0 Å². The molecule has 0 radical (unpaired) electrons. The highest BCUT2D eigenvalue weighted by Gasteiger charge is 2.46. The molecule has 0 bridgehead atoms. The van der Waals surface area contributed by atoms with Crippen LogP contribution >= 0.6 is 11.3 Å². The maximum Gasteiger partial charge on any atom is 0.248 e. The number of nitrogens with one attached hydrogen (secondary N) is 1. The van der Waals surface area contributed by atoms with Crippen molar-refractivity contribution >= 4 is 23.2 Å². The Morgan fingerprint density at radius 1 is 1.18 bits per heavy atom. The molecule has 0 spiro atoms. The molecule has 45 heavy (non-hydrogen) atoms. The number of amides is 2. The minimum absolute atomic E-state index is 0.118. The van der Waals surface area contributed by atoms with Crippen molar-refractivity contribution in [1.29, 1.82) is 0 Å².